The van der Waals surface area contributed by atoms with Crippen molar-refractivity contribution >= 4 is 22.5 Å². The second-order valence-corrected chi connectivity index (χ2v) is 3.11. The molecule has 2 heterocycles. The van der Waals surface area contributed by atoms with Gasteiger partial charge in [0.2, 0.25) is 0 Å². The highest BCUT2D eigenvalue weighted by molar-refractivity contribution is 6.33. The first-order valence-corrected chi connectivity index (χ1v) is 4.07. The highest BCUT2D eigenvalue weighted by atomic mass is 35.5. The first-order chi connectivity index (χ1) is 6.18. The Morgan fingerprint density at radius 2 is 2.31 bits per heavy atom. The number of nitrogens with one attached hydrogen (secondary N) is 1. The molecule has 0 amide bonds. The lowest BCUT2D eigenvalue weighted by Gasteiger charge is -1.97. The van der Waals surface area contributed by atoms with E-state index in [0.717, 1.165) is 5.56 Å². The highest BCUT2D eigenvalue weighted by Crippen LogP contribution is 2.16. The number of fused-ring (bicyclic) bond motifs is 1. The fraction of sp³-hybridized carbons (Fsp3) is 0.125. The molecule has 5 heteroatoms. The Morgan fingerprint density at radius 1 is 1.54 bits per heavy atom. The number of halogens is 1. The topological polar surface area (TPSA) is 58.6 Å². The number of rotatable bonds is 0. The lowest BCUT2D eigenvalue weighted by atomic mass is 10.2. The molecule has 0 aromatic carbocycles. The summed E-state index contributed by atoms with van der Waals surface area (Å²) in [4.78, 5) is 15.2. The minimum absolute atomic E-state index is 0.269. The maximum absolute atomic E-state index is 11.2. The van der Waals surface area contributed by atoms with E-state index in [9.17, 15) is 4.79 Å². The average Bonchev–Trinajstić information content (AvgIpc) is 2.12. The van der Waals surface area contributed by atoms with Gasteiger partial charge in [0.05, 0.1) is 0 Å². The quantitative estimate of drug-likeness (QED) is 0.689. The van der Waals surface area contributed by atoms with Gasteiger partial charge < -0.3 is 0 Å². The third kappa shape index (κ3) is 1.29. The van der Waals surface area contributed by atoms with Crippen molar-refractivity contribution in [3.8, 4) is 0 Å². The fourth-order valence-electron chi connectivity index (χ4n) is 1.12. The van der Waals surface area contributed by atoms with Crippen molar-refractivity contribution < 1.29 is 0 Å². The molecule has 0 radical (unpaired) electrons. The van der Waals surface area contributed by atoms with Crippen LogP contribution in [-0.4, -0.2) is 15.2 Å². The summed E-state index contributed by atoms with van der Waals surface area (Å²) >= 11 is 5.78. The van der Waals surface area contributed by atoms with E-state index in [4.69, 9.17) is 11.6 Å². The molecule has 0 spiro atoms. The van der Waals surface area contributed by atoms with Crippen LogP contribution >= 0.6 is 11.6 Å². The molecule has 66 valence electrons. The number of aromatic amines is 1. The van der Waals surface area contributed by atoms with E-state index in [-0.39, 0.29) is 10.7 Å². The maximum Gasteiger partial charge on any atom is 0.290 e. The molecule has 0 aliphatic rings. The summed E-state index contributed by atoms with van der Waals surface area (Å²) in [6.07, 6.45) is 1.62. The predicted molar refractivity (Wildman–Crippen MR) is 49.9 cm³/mol. The third-order valence-corrected chi connectivity index (χ3v) is 2.01. The first-order valence-electron chi connectivity index (χ1n) is 3.69. The number of pyridine rings is 1. The number of nitrogens with zero attached hydrogens (tertiary/aromatic N) is 2. The van der Waals surface area contributed by atoms with Gasteiger partial charge in [-0.3, -0.25) is 4.79 Å². The molecule has 0 aliphatic carbocycles. The Bertz CT molecular complexity index is 520. The zero-order chi connectivity index (χ0) is 9.42. The second-order valence-electron chi connectivity index (χ2n) is 2.75. The van der Waals surface area contributed by atoms with E-state index in [2.05, 4.69) is 15.2 Å². The Hall–Kier alpha value is -1.42. The monoisotopic (exact) mass is 195 g/mol. The number of hydrogen-bond donors (Lipinski definition) is 1. The van der Waals surface area contributed by atoms with Crippen molar-refractivity contribution in [2.45, 2.75) is 6.92 Å². The molecule has 2 aromatic heterocycles. The molecule has 13 heavy (non-hydrogen) atoms. The molecular weight excluding hydrogens is 190 g/mol. The van der Waals surface area contributed by atoms with E-state index in [1.807, 2.05) is 6.92 Å². The number of aryl methyl sites for hydroxylation is 1. The lowest BCUT2D eigenvalue weighted by Crippen LogP contribution is -2.09. The Balaban J connectivity index is 3.01. The molecule has 1 N–H and O–H groups in total. The Labute approximate surface area is 78.6 Å². The van der Waals surface area contributed by atoms with Crippen LogP contribution in [0, 0.1) is 6.92 Å². The van der Waals surface area contributed by atoms with Crippen LogP contribution in [0.2, 0.25) is 5.15 Å². The van der Waals surface area contributed by atoms with Crippen molar-refractivity contribution in [2.75, 3.05) is 0 Å². The lowest BCUT2D eigenvalue weighted by molar-refractivity contribution is 1.00. The third-order valence-electron chi connectivity index (χ3n) is 1.72. The van der Waals surface area contributed by atoms with Crippen molar-refractivity contribution in [3.63, 3.8) is 0 Å². The summed E-state index contributed by atoms with van der Waals surface area (Å²) in [5.74, 6) is 0. The minimum Gasteiger partial charge on any atom is -0.266 e. The van der Waals surface area contributed by atoms with Crippen LogP contribution in [0.1, 0.15) is 5.56 Å². The number of H-pyrrole nitrogens is 1. The summed E-state index contributed by atoms with van der Waals surface area (Å²) in [6.45, 7) is 1.88. The average molecular weight is 196 g/mol. The van der Waals surface area contributed by atoms with Gasteiger partial charge in [-0.05, 0) is 18.6 Å². The van der Waals surface area contributed by atoms with Crippen molar-refractivity contribution in [1.29, 1.82) is 0 Å². The second kappa shape index (κ2) is 2.81. The molecule has 0 aliphatic heterocycles. The molecule has 0 unspecified atom stereocenters. The molecular formula is C8H6ClN3O. The summed E-state index contributed by atoms with van der Waals surface area (Å²) in [6, 6.07) is 1.78. The van der Waals surface area contributed by atoms with Crippen LogP contribution in [0.15, 0.2) is 17.1 Å². The Morgan fingerprint density at radius 3 is 3.08 bits per heavy atom. The van der Waals surface area contributed by atoms with Gasteiger partial charge in [-0.2, -0.15) is 5.10 Å². The molecule has 4 nitrogen and oxygen atoms in total. The van der Waals surface area contributed by atoms with E-state index < -0.39 is 0 Å². The molecule has 0 saturated carbocycles. The van der Waals surface area contributed by atoms with Gasteiger partial charge in [-0.15, -0.1) is 0 Å². The van der Waals surface area contributed by atoms with Crippen LogP contribution < -0.4 is 5.56 Å². The van der Waals surface area contributed by atoms with Gasteiger partial charge in [-0.25, -0.2) is 10.1 Å². The SMILES string of the molecule is Cc1cnc2c(=O)[nH]nc(Cl)c2c1. The van der Waals surface area contributed by atoms with Crippen LogP contribution in [-0.2, 0) is 0 Å². The molecule has 0 atom stereocenters. The van der Waals surface area contributed by atoms with E-state index in [0.29, 0.717) is 10.9 Å². The van der Waals surface area contributed by atoms with E-state index >= 15 is 0 Å². The summed E-state index contributed by atoms with van der Waals surface area (Å²) < 4.78 is 0. The van der Waals surface area contributed by atoms with Crippen LogP contribution in [0.4, 0.5) is 0 Å². The van der Waals surface area contributed by atoms with Crippen LogP contribution in [0.25, 0.3) is 10.9 Å². The summed E-state index contributed by atoms with van der Waals surface area (Å²) in [5.41, 5.74) is 0.951. The summed E-state index contributed by atoms with van der Waals surface area (Å²) in [5, 5.41) is 6.76. The van der Waals surface area contributed by atoms with Gasteiger partial charge >= 0.3 is 0 Å². The first kappa shape index (κ1) is 8.19. The van der Waals surface area contributed by atoms with E-state index in [1.54, 1.807) is 12.3 Å². The fourth-order valence-corrected chi connectivity index (χ4v) is 1.31. The largest absolute Gasteiger partial charge is 0.290 e. The van der Waals surface area contributed by atoms with Gasteiger partial charge in [0.15, 0.2) is 5.15 Å². The zero-order valence-electron chi connectivity index (χ0n) is 6.84. The van der Waals surface area contributed by atoms with Gasteiger partial charge in [0, 0.05) is 11.6 Å². The smallest absolute Gasteiger partial charge is 0.266 e. The minimum atomic E-state index is -0.320. The van der Waals surface area contributed by atoms with Crippen molar-refractivity contribution in [3.05, 3.63) is 33.3 Å². The maximum atomic E-state index is 11.2. The normalized spacial score (nSPS) is 10.6. The standard InChI is InChI=1S/C8H6ClN3O/c1-4-2-5-6(10-3-4)8(13)12-11-7(5)9/h2-3H,1H3,(H,12,13). The van der Waals surface area contributed by atoms with Gasteiger partial charge in [0.25, 0.3) is 5.56 Å². The zero-order valence-corrected chi connectivity index (χ0v) is 7.59. The molecule has 2 aromatic rings. The molecule has 2 rings (SSSR count). The molecule has 0 fully saturated rings. The van der Waals surface area contributed by atoms with Gasteiger partial charge in [0.1, 0.15) is 5.52 Å². The van der Waals surface area contributed by atoms with Gasteiger partial charge in [-0.1, -0.05) is 11.6 Å². The Kier molecular flexibility index (Phi) is 1.77. The van der Waals surface area contributed by atoms with Crippen LogP contribution in [0.3, 0.4) is 0 Å². The van der Waals surface area contributed by atoms with Crippen LogP contribution in [0.5, 0.6) is 0 Å². The van der Waals surface area contributed by atoms with Crippen molar-refractivity contribution in [2.24, 2.45) is 0 Å². The molecule has 0 saturated heterocycles. The number of aromatic nitrogens is 3. The van der Waals surface area contributed by atoms with E-state index in [1.165, 1.54) is 0 Å². The molecule has 0 bridgehead atoms. The summed E-state index contributed by atoms with van der Waals surface area (Å²) in [7, 11) is 0. The van der Waals surface area contributed by atoms with Crippen molar-refractivity contribution in [1.82, 2.24) is 15.2 Å². The number of hydrogen-bond acceptors (Lipinski definition) is 3. The predicted octanol–water partition coefficient (Wildman–Crippen LogP) is 1.28. The highest BCUT2D eigenvalue weighted by Gasteiger charge is 2.04.